The summed E-state index contributed by atoms with van der Waals surface area (Å²) in [6.45, 7) is 6.12. The zero-order chi connectivity index (χ0) is 14.5. The zero-order valence-electron chi connectivity index (χ0n) is 11.4. The first kappa shape index (κ1) is 15.6. The van der Waals surface area contributed by atoms with Crippen molar-refractivity contribution in [3.63, 3.8) is 0 Å². The third-order valence-electron chi connectivity index (χ3n) is 3.35. The van der Waals surface area contributed by atoms with Crippen LogP contribution in [0, 0.1) is 0 Å². The predicted octanol–water partition coefficient (Wildman–Crippen LogP) is 2.08. The van der Waals surface area contributed by atoms with Crippen LogP contribution in [-0.4, -0.2) is 49.7 Å². The number of nitrogens with zero attached hydrogens (tertiary/aromatic N) is 1. The molecule has 6 heteroatoms. The van der Waals surface area contributed by atoms with Crippen LogP contribution < -0.4 is 5.32 Å². The van der Waals surface area contributed by atoms with Gasteiger partial charge in [-0.05, 0) is 24.7 Å². The first-order chi connectivity index (χ1) is 9.60. The van der Waals surface area contributed by atoms with E-state index in [0.717, 1.165) is 19.6 Å². The van der Waals surface area contributed by atoms with Gasteiger partial charge in [0.05, 0.1) is 23.3 Å². The fourth-order valence-electron chi connectivity index (χ4n) is 2.18. The van der Waals surface area contributed by atoms with Crippen molar-refractivity contribution >= 4 is 30.1 Å². The number of halogens is 1. The highest BCUT2D eigenvalue weighted by molar-refractivity contribution is 7.80. The number of morpholine rings is 1. The van der Waals surface area contributed by atoms with Gasteiger partial charge in [-0.15, -0.1) is 12.6 Å². The Morgan fingerprint density at radius 3 is 3.15 bits per heavy atom. The van der Waals surface area contributed by atoms with Gasteiger partial charge in [0.2, 0.25) is 0 Å². The lowest BCUT2D eigenvalue weighted by Gasteiger charge is -2.32. The molecule has 0 radical (unpaired) electrons. The van der Waals surface area contributed by atoms with Gasteiger partial charge in [-0.25, -0.2) is 0 Å². The average Bonchev–Trinajstić information content (AvgIpc) is 2.47. The Balaban J connectivity index is 1.90. The Bertz CT molecular complexity index is 484. The molecule has 1 heterocycles. The van der Waals surface area contributed by atoms with Crippen LogP contribution in [0.15, 0.2) is 23.1 Å². The Hall–Kier alpha value is -0.750. The molecule has 0 aromatic heterocycles. The highest BCUT2D eigenvalue weighted by Gasteiger charge is 2.20. The lowest BCUT2D eigenvalue weighted by Crippen LogP contribution is -2.47. The molecule has 1 saturated heterocycles. The second kappa shape index (κ2) is 7.31. The molecular formula is C14H19ClN2O2S. The molecule has 110 valence electrons. The number of carbonyl (C=O) groups excluding carboxylic acids is 1. The van der Waals surface area contributed by atoms with Crippen LogP contribution in [0.1, 0.15) is 17.3 Å². The highest BCUT2D eigenvalue weighted by Crippen LogP contribution is 2.19. The van der Waals surface area contributed by atoms with Crippen LogP contribution in [0.3, 0.4) is 0 Å². The van der Waals surface area contributed by atoms with Gasteiger partial charge < -0.3 is 10.1 Å². The van der Waals surface area contributed by atoms with Gasteiger partial charge in [0.1, 0.15) is 0 Å². The summed E-state index contributed by atoms with van der Waals surface area (Å²) in [5.74, 6) is -0.192. The second-order valence-electron chi connectivity index (χ2n) is 4.76. The van der Waals surface area contributed by atoms with Crippen LogP contribution >= 0.6 is 24.2 Å². The number of likely N-dealkylation sites (N-methyl/N-ethyl adjacent to an activating group) is 1. The minimum Gasteiger partial charge on any atom is -0.374 e. The fraction of sp³-hybridized carbons (Fsp3) is 0.500. The van der Waals surface area contributed by atoms with Crippen molar-refractivity contribution in [3.05, 3.63) is 28.8 Å². The summed E-state index contributed by atoms with van der Waals surface area (Å²) in [6.07, 6.45) is 0.0330. The molecule has 1 N–H and O–H groups in total. The molecule has 1 atom stereocenters. The van der Waals surface area contributed by atoms with E-state index in [2.05, 4.69) is 29.8 Å². The van der Waals surface area contributed by atoms with Gasteiger partial charge in [0.25, 0.3) is 5.91 Å². The van der Waals surface area contributed by atoms with E-state index >= 15 is 0 Å². The minimum absolute atomic E-state index is 0.0330. The van der Waals surface area contributed by atoms with Crippen molar-refractivity contribution in [3.8, 4) is 0 Å². The predicted molar refractivity (Wildman–Crippen MR) is 82.9 cm³/mol. The van der Waals surface area contributed by atoms with Crippen LogP contribution in [0.4, 0.5) is 0 Å². The molecule has 0 saturated carbocycles. The highest BCUT2D eigenvalue weighted by atomic mass is 35.5. The van der Waals surface area contributed by atoms with Gasteiger partial charge in [0, 0.05) is 24.5 Å². The monoisotopic (exact) mass is 314 g/mol. The van der Waals surface area contributed by atoms with Crippen molar-refractivity contribution in [2.45, 2.75) is 17.9 Å². The summed E-state index contributed by atoms with van der Waals surface area (Å²) in [7, 11) is 0. The standard InChI is InChI=1S/C14H19ClN2O2S/c1-2-17-5-6-19-10(9-17)8-16-14(18)12-7-11(20)3-4-13(12)15/h3-4,7,10,20H,2,5-6,8-9H2,1H3,(H,16,18). The van der Waals surface area contributed by atoms with Crippen LogP contribution in [-0.2, 0) is 4.74 Å². The van der Waals surface area contributed by atoms with Crippen molar-refractivity contribution < 1.29 is 9.53 Å². The third-order valence-corrected chi connectivity index (χ3v) is 3.96. The van der Waals surface area contributed by atoms with Gasteiger partial charge in [-0.1, -0.05) is 18.5 Å². The van der Waals surface area contributed by atoms with E-state index in [-0.39, 0.29) is 12.0 Å². The van der Waals surface area contributed by atoms with Crippen molar-refractivity contribution in [2.75, 3.05) is 32.8 Å². The topological polar surface area (TPSA) is 41.6 Å². The smallest absolute Gasteiger partial charge is 0.252 e. The Morgan fingerprint density at radius 2 is 2.40 bits per heavy atom. The van der Waals surface area contributed by atoms with E-state index in [1.54, 1.807) is 18.2 Å². The molecule has 1 aromatic rings. The SMILES string of the molecule is CCN1CCOC(CNC(=O)c2cc(S)ccc2Cl)C1. The number of nitrogens with one attached hydrogen (secondary N) is 1. The molecule has 4 nitrogen and oxygen atoms in total. The molecule has 20 heavy (non-hydrogen) atoms. The normalized spacial score (nSPS) is 19.9. The van der Waals surface area contributed by atoms with E-state index < -0.39 is 0 Å². The summed E-state index contributed by atoms with van der Waals surface area (Å²) in [4.78, 5) is 15.1. The number of amides is 1. The van der Waals surface area contributed by atoms with E-state index in [1.165, 1.54) is 0 Å². The van der Waals surface area contributed by atoms with Crippen molar-refractivity contribution in [1.82, 2.24) is 10.2 Å². The first-order valence-electron chi connectivity index (χ1n) is 6.70. The minimum atomic E-state index is -0.192. The van der Waals surface area contributed by atoms with E-state index in [9.17, 15) is 4.79 Å². The summed E-state index contributed by atoms with van der Waals surface area (Å²) < 4.78 is 5.65. The van der Waals surface area contributed by atoms with Gasteiger partial charge >= 0.3 is 0 Å². The number of thiol groups is 1. The Labute approximate surface area is 129 Å². The van der Waals surface area contributed by atoms with Gasteiger partial charge in [-0.2, -0.15) is 0 Å². The molecule has 1 aliphatic heterocycles. The van der Waals surface area contributed by atoms with Crippen LogP contribution in [0.5, 0.6) is 0 Å². The zero-order valence-corrected chi connectivity index (χ0v) is 13.1. The molecule has 1 aliphatic rings. The number of benzene rings is 1. The third kappa shape index (κ3) is 4.12. The number of hydrogen-bond acceptors (Lipinski definition) is 4. The maximum Gasteiger partial charge on any atom is 0.252 e. The van der Waals surface area contributed by atoms with E-state index in [1.807, 2.05) is 0 Å². The molecule has 2 rings (SSSR count). The molecule has 0 bridgehead atoms. The van der Waals surface area contributed by atoms with Gasteiger partial charge in [0.15, 0.2) is 0 Å². The lowest BCUT2D eigenvalue weighted by atomic mass is 10.2. The largest absolute Gasteiger partial charge is 0.374 e. The molecule has 0 aliphatic carbocycles. The van der Waals surface area contributed by atoms with E-state index in [0.29, 0.717) is 28.6 Å². The summed E-state index contributed by atoms with van der Waals surface area (Å²) >= 11 is 10.2. The second-order valence-corrected chi connectivity index (χ2v) is 5.68. The fourth-order valence-corrected chi connectivity index (χ4v) is 2.59. The summed E-state index contributed by atoms with van der Waals surface area (Å²) in [5, 5.41) is 3.30. The lowest BCUT2D eigenvalue weighted by molar-refractivity contribution is -0.0246. The molecule has 1 amide bonds. The first-order valence-corrected chi connectivity index (χ1v) is 7.53. The summed E-state index contributed by atoms with van der Waals surface area (Å²) in [6, 6.07) is 5.10. The molecule has 1 aromatic carbocycles. The van der Waals surface area contributed by atoms with Crippen molar-refractivity contribution in [1.29, 1.82) is 0 Å². The molecule has 0 spiro atoms. The number of rotatable bonds is 4. The Kier molecular flexibility index (Phi) is 5.72. The number of ether oxygens (including phenoxy) is 1. The average molecular weight is 315 g/mol. The summed E-state index contributed by atoms with van der Waals surface area (Å²) in [5.41, 5.74) is 0.447. The maximum absolute atomic E-state index is 12.1. The molecule has 1 unspecified atom stereocenters. The van der Waals surface area contributed by atoms with Crippen LogP contribution in [0.2, 0.25) is 5.02 Å². The van der Waals surface area contributed by atoms with Crippen LogP contribution in [0.25, 0.3) is 0 Å². The maximum atomic E-state index is 12.1. The number of carbonyl (C=O) groups is 1. The van der Waals surface area contributed by atoms with Gasteiger partial charge in [-0.3, -0.25) is 9.69 Å². The molecule has 1 fully saturated rings. The Morgan fingerprint density at radius 1 is 1.60 bits per heavy atom. The number of hydrogen-bond donors (Lipinski definition) is 2. The van der Waals surface area contributed by atoms with E-state index in [4.69, 9.17) is 16.3 Å². The van der Waals surface area contributed by atoms with Crippen molar-refractivity contribution in [2.24, 2.45) is 0 Å². The quantitative estimate of drug-likeness (QED) is 0.836. The molecular weight excluding hydrogens is 296 g/mol.